The summed E-state index contributed by atoms with van der Waals surface area (Å²) in [5.74, 6) is -0.324. The number of rotatable bonds is 53. The van der Waals surface area contributed by atoms with Crippen molar-refractivity contribution in [2.45, 2.75) is 327 Å². The summed E-state index contributed by atoms with van der Waals surface area (Å²) in [7, 11) is 0. The van der Waals surface area contributed by atoms with Gasteiger partial charge in [0, 0.05) is 0 Å². The van der Waals surface area contributed by atoms with Gasteiger partial charge in [0.25, 0.3) is 0 Å². The van der Waals surface area contributed by atoms with Crippen molar-refractivity contribution in [3.63, 3.8) is 0 Å². The third-order valence-corrected chi connectivity index (χ3v) is 13.4. The van der Waals surface area contributed by atoms with E-state index in [-0.39, 0.29) is 18.9 Å². The molecule has 0 saturated heterocycles. The van der Waals surface area contributed by atoms with Crippen molar-refractivity contribution in [2.75, 3.05) is 6.61 Å². The second kappa shape index (κ2) is 54.2. The molecule has 0 radical (unpaired) electrons. The first-order valence-electron chi connectivity index (χ1n) is 28.8. The van der Waals surface area contributed by atoms with E-state index in [0.717, 1.165) is 38.5 Å². The number of amides is 1. The van der Waals surface area contributed by atoms with Gasteiger partial charge in [-0.05, 0) is 44.9 Å². The summed E-state index contributed by atoms with van der Waals surface area (Å²) in [6.45, 7) is 4.23. The fourth-order valence-corrected chi connectivity index (χ4v) is 9.02. The van der Waals surface area contributed by atoms with Crippen molar-refractivity contribution >= 4 is 5.91 Å². The summed E-state index contributed by atoms with van der Waals surface area (Å²) in [5.41, 5.74) is 0. The molecule has 0 aliphatic heterocycles. The molecule has 3 atom stereocenters. The quantitative estimate of drug-likeness (QED) is 0.0362. The van der Waals surface area contributed by atoms with Gasteiger partial charge < -0.3 is 20.6 Å². The van der Waals surface area contributed by atoms with Gasteiger partial charge in [-0.1, -0.05) is 294 Å². The Labute approximate surface area is 400 Å². The van der Waals surface area contributed by atoms with Gasteiger partial charge in [-0.15, -0.1) is 0 Å². The molecule has 3 unspecified atom stereocenters. The van der Waals surface area contributed by atoms with Crippen molar-refractivity contribution in [1.82, 2.24) is 5.32 Å². The summed E-state index contributed by atoms with van der Waals surface area (Å²) in [4.78, 5) is 12.5. The second-order valence-corrected chi connectivity index (χ2v) is 19.9. The van der Waals surface area contributed by atoms with Crippen LogP contribution in [0.3, 0.4) is 0 Å². The van der Waals surface area contributed by atoms with Crippen LogP contribution in [0.15, 0.2) is 36.5 Å². The van der Waals surface area contributed by atoms with E-state index in [9.17, 15) is 20.1 Å². The Bertz CT molecular complexity index is 993. The highest BCUT2D eigenvalue weighted by molar-refractivity contribution is 5.76. The molecule has 0 aliphatic carbocycles. The summed E-state index contributed by atoms with van der Waals surface area (Å²) in [6.07, 6.45) is 70.6. The summed E-state index contributed by atoms with van der Waals surface area (Å²) in [6, 6.07) is -0.767. The number of hydrogen-bond donors (Lipinski definition) is 4. The molecule has 0 aromatic carbocycles. The Balaban J connectivity index is 3.59. The molecule has 0 aromatic heterocycles. The molecule has 64 heavy (non-hydrogen) atoms. The monoisotopic (exact) mass is 900 g/mol. The molecule has 0 fully saturated rings. The first kappa shape index (κ1) is 62.6. The largest absolute Gasteiger partial charge is 0.394 e. The zero-order valence-corrected chi connectivity index (χ0v) is 43.2. The third kappa shape index (κ3) is 50.0. The molecule has 378 valence electrons. The summed E-state index contributed by atoms with van der Waals surface area (Å²) < 4.78 is 0. The van der Waals surface area contributed by atoms with Crippen molar-refractivity contribution in [3.8, 4) is 0 Å². The Morgan fingerprint density at radius 1 is 0.391 bits per heavy atom. The van der Waals surface area contributed by atoms with E-state index in [2.05, 4.69) is 43.5 Å². The lowest BCUT2D eigenvalue weighted by Crippen LogP contribution is -2.45. The van der Waals surface area contributed by atoms with Crippen LogP contribution in [0, 0.1) is 0 Å². The average molecular weight is 901 g/mol. The number of unbranched alkanes of at least 4 members (excludes halogenated alkanes) is 40. The standard InChI is InChI=1S/C59H113NO4/c1-3-5-7-9-11-13-15-17-19-21-23-25-27-28-29-30-31-32-34-36-38-40-42-44-46-48-50-52-56(62)54-59(64)60-57(55-61)58(63)53-51-49-47-45-43-41-39-37-35-33-26-24-22-20-18-16-14-12-10-8-6-4-2/h35,37,43,45,51,53,56-58,61-63H,3-34,36,38-42,44,46-50,52,54-55H2,1-2H3,(H,60,64)/b37-35+,45-43+,53-51+. The molecule has 4 N–H and O–H groups in total. The molecule has 0 rings (SSSR count). The summed E-state index contributed by atoms with van der Waals surface area (Å²) >= 11 is 0. The van der Waals surface area contributed by atoms with Crippen LogP contribution >= 0.6 is 0 Å². The normalized spacial score (nSPS) is 13.5. The number of nitrogens with one attached hydrogen (secondary N) is 1. The first-order valence-corrected chi connectivity index (χ1v) is 28.8. The fourth-order valence-electron chi connectivity index (χ4n) is 9.02. The van der Waals surface area contributed by atoms with Gasteiger partial charge in [0.1, 0.15) is 0 Å². The molecular weight excluding hydrogens is 787 g/mol. The number of aliphatic hydroxyl groups is 3. The highest BCUT2D eigenvalue weighted by Gasteiger charge is 2.20. The van der Waals surface area contributed by atoms with Crippen LogP contribution in [0.1, 0.15) is 309 Å². The number of allylic oxidation sites excluding steroid dienone is 5. The first-order chi connectivity index (χ1) is 31.5. The lowest BCUT2D eigenvalue weighted by Gasteiger charge is -2.21. The zero-order valence-electron chi connectivity index (χ0n) is 43.2. The molecule has 0 aliphatic rings. The molecule has 0 spiro atoms. The fraction of sp³-hybridized carbons (Fsp3) is 0.881. The van der Waals surface area contributed by atoms with Gasteiger partial charge in [-0.2, -0.15) is 0 Å². The minimum absolute atomic E-state index is 0.00575. The maximum absolute atomic E-state index is 12.5. The molecule has 0 heterocycles. The van der Waals surface area contributed by atoms with Gasteiger partial charge in [0.15, 0.2) is 0 Å². The van der Waals surface area contributed by atoms with E-state index >= 15 is 0 Å². The van der Waals surface area contributed by atoms with Gasteiger partial charge >= 0.3 is 0 Å². The molecule has 0 bridgehead atoms. The molecule has 0 aromatic rings. The number of aliphatic hydroxyl groups excluding tert-OH is 3. The predicted molar refractivity (Wildman–Crippen MR) is 282 cm³/mol. The van der Waals surface area contributed by atoms with Gasteiger partial charge in [0.2, 0.25) is 5.91 Å². The van der Waals surface area contributed by atoms with Crippen molar-refractivity contribution in [1.29, 1.82) is 0 Å². The Hall–Kier alpha value is -1.43. The average Bonchev–Trinajstić information content (AvgIpc) is 3.29. The SMILES string of the molecule is CCCCCCCCCCCCCC/C=C/CC/C=C/CC/C=C/C(O)C(CO)NC(=O)CC(O)CCCCCCCCCCCCCCCCCCCCCCCCCCCCC. The predicted octanol–water partition coefficient (Wildman–Crippen LogP) is 17.8. The van der Waals surface area contributed by atoms with Gasteiger partial charge in [-0.25, -0.2) is 0 Å². The topological polar surface area (TPSA) is 89.8 Å². The summed E-state index contributed by atoms with van der Waals surface area (Å²) in [5, 5.41) is 33.4. The van der Waals surface area contributed by atoms with Crippen LogP contribution in [0.5, 0.6) is 0 Å². The highest BCUT2D eigenvalue weighted by Crippen LogP contribution is 2.18. The van der Waals surface area contributed by atoms with Crippen LogP contribution in [-0.4, -0.2) is 46.1 Å². The molecule has 5 nitrogen and oxygen atoms in total. The van der Waals surface area contributed by atoms with E-state index in [1.165, 1.54) is 244 Å². The molecule has 1 amide bonds. The molecular formula is C59H113NO4. The van der Waals surface area contributed by atoms with Crippen LogP contribution in [0.4, 0.5) is 0 Å². The van der Waals surface area contributed by atoms with Crippen LogP contribution in [-0.2, 0) is 4.79 Å². The van der Waals surface area contributed by atoms with Crippen LogP contribution in [0.25, 0.3) is 0 Å². The maximum Gasteiger partial charge on any atom is 0.222 e. The van der Waals surface area contributed by atoms with E-state index in [0.29, 0.717) is 6.42 Å². The van der Waals surface area contributed by atoms with E-state index < -0.39 is 18.2 Å². The van der Waals surface area contributed by atoms with E-state index in [1.807, 2.05) is 6.08 Å². The Morgan fingerprint density at radius 2 is 0.672 bits per heavy atom. The number of hydrogen-bond acceptors (Lipinski definition) is 4. The van der Waals surface area contributed by atoms with E-state index in [4.69, 9.17) is 0 Å². The lowest BCUT2D eigenvalue weighted by atomic mass is 10.0. The highest BCUT2D eigenvalue weighted by atomic mass is 16.3. The minimum Gasteiger partial charge on any atom is -0.394 e. The van der Waals surface area contributed by atoms with Crippen LogP contribution in [0.2, 0.25) is 0 Å². The van der Waals surface area contributed by atoms with Crippen molar-refractivity contribution < 1.29 is 20.1 Å². The second-order valence-electron chi connectivity index (χ2n) is 19.9. The number of carbonyl (C=O) groups excluding carboxylic acids is 1. The third-order valence-electron chi connectivity index (χ3n) is 13.4. The maximum atomic E-state index is 12.5. The smallest absolute Gasteiger partial charge is 0.222 e. The van der Waals surface area contributed by atoms with Crippen LogP contribution < -0.4 is 5.32 Å². The lowest BCUT2D eigenvalue weighted by molar-refractivity contribution is -0.124. The number of carbonyl (C=O) groups is 1. The zero-order chi connectivity index (χ0) is 46.5. The van der Waals surface area contributed by atoms with Crippen molar-refractivity contribution in [2.24, 2.45) is 0 Å². The molecule has 0 saturated carbocycles. The Kier molecular flexibility index (Phi) is 53.0. The minimum atomic E-state index is -0.959. The Morgan fingerprint density at radius 3 is 1.00 bits per heavy atom. The van der Waals surface area contributed by atoms with Gasteiger partial charge in [-0.3, -0.25) is 4.79 Å². The molecule has 5 heteroatoms. The van der Waals surface area contributed by atoms with Gasteiger partial charge in [0.05, 0.1) is 31.3 Å². The van der Waals surface area contributed by atoms with Crippen molar-refractivity contribution in [3.05, 3.63) is 36.5 Å². The van der Waals surface area contributed by atoms with E-state index in [1.54, 1.807) is 6.08 Å².